The topological polar surface area (TPSA) is 40.5 Å². The molecule has 2 N–H and O–H groups in total. The molecule has 4 rings (SSSR count). The number of rotatable bonds is 5. The van der Waals surface area contributed by atoms with Crippen molar-refractivity contribution in [3.63, 3.8) is 0 Å². The van der Waals surface area contributed by atoms with Crippen LogP contribution in [0, 0.1) is 58.2 Å². The third-order valence-corrected chi connectivity index (χ3v) is 11.5. The molecule has 0 aromatic rings. The minimum absolute atomic E-state index is 0.101. The van der Waals surface area contributed by atoms with Crippen molar-refractivity contribution in [1.29, 1.82) is 0 Å². The normalized spacial score (nSPS) is 50.5. The summed E-state index contributed by atoms with van der Waals surface area (Å²) in [7, 11) is 0. The van der Waals surface area contributed by atoms with Gasteiger partial charge in [0.1, 0.15) is 0 Å². The van der Waals surface area contributed by atoms with E-state index in [4.69, 9.17) is 0 Å². The van der Waals surface area contributed by atoms with Gasteiger partial charge in [0, 0.05) is 0 Å². The highest BCUT2D eigenvalue weighted by molar-refractivity contribution is 5.12. The Bertz CT molecular complexity index is 601. The standard InChI is InChI=1S/C28H50O2/c1-17(2)18(3)7-8-19(4)23-11-12-24-22-10-9-20-15-21(29)13-14-27(20,5)26(22)25(30)16-28(23,24)6/h17-26,29-30H,7-16H2,1-6H3/t18-,19+,20-,21+,22-,23+,24-,25+,26+,27-,28+/m0/s1. The van der Waals surface area contributed by atoms with Crippen molar-refractivity contribution in [3.8, 4) is 0 Å². The molecule has 0 unspecified atom stereocenters. The number of aliphatic hydroxyl groups excluding tert-OH is 2. The van der Waals surface area contributed by atoms with Crippen molar-refractivity contribution in [1.82, 2.24) is 0 Å². The monoisotopic (exact) mass is 418 g/mol. The molecule has 0 saturated heterocycles. The maximum atomic E-state index is 11.6. The second kappa shape index (κ2) is 8.36. The minimum Gasteiger partial charge on any atom is -0.393 e. The first-order valence-corrected chi connectivity index (χ1v) is 13.4. The van der Waals surface area contributed by atoms with Gasteiger partial charge >= 0.3 is 0 Å². The van der Waals surface area contributed by atoms with Gasteiger partial charge in [-0.1, -0.05) is 54.4 Å². The number of fused-ring (bicyclic) bond motifs is 5. The lowest BCUT2D eigenvalue weighted by Gasteiger charge is -2.62. The van der Waals surface area contributed by atoms with Gasteiger partial charge in [-0.25, -0.2) is 0 Å². The molecule has 11 atom stereocenters. The summed E-state index contributed by atoms with van der Waals surface area (Å²) in [4.78, 5) is 0. The Morgan fingerprint density at radius 3 is 2.30 bits per heavy atom. The molecule has 0 bridgehead atoms. The predicted octanol–water partition coefficient (Wildman–Crippen LogP) is 6.69. The summed E-state index contributed by atoms with van der Waals surface area (Å²) >= 11 is 0. The fourth-order valence-electron chi connectivity index (χ4n) is 9.39. The molecule has 4 saturated carbocycles. The minimum atomic E-state index is -0.137. The second-order valence-corrected chi connectivity index (χ2v) is 13.2. The predicted molar refractivity (Wildman–Crippen MR) is 125 cm³/mol. The Morgan fingerprint density at radius 2 is 1.60 bits per heavy atom. The Hall–Kier alpha value is -0.0800. The lowest BCUT2D eigenvalue weighted by Crippen LogP contribution is -2.59. The average Bonchev–Trinajstić information content (AvgIpc) is 3.02. The third kappa shape index (κ3) is 3.70. The van der Waals surface area contributed by atoms with Crippen LogP contribution in [0.3, 0.4) is 0 Å². The van der Waals surface area contributed by atoms with E-state index in [0.29, 0.717) is 23.2 Å². The van der Waals surface area contributed by atoms with Gasteiger partial charge < -0.3 is 10.2 Å². The van der Waals surface area contributed by atoms with Crippen LogP contribution in [0.4, 0.5) is 0 Å². The van der Waals surface area contributed by atoms with Crippen LogP contribution in [0.15, 0.2) is 0 Å². The Labute approximate surface area is 186 Å². The molecule has 0 heterocycles. The molecule has 0 spiro atoms. The lowest BCUT2D eigenvalue weighted by molar-refractivity contribution is -0.179. The molecule has 0 amide bonds. The Balaban J connectivity index is 1.51. The van der Waals surface area contributed by atoms with Gasteiger partial charge in [0.2, 0.25) is 0 Å². The van der Waals surface area contributed by atoms with Crippen molar-refractivity contribution in [2.24, 2.45) is 58.2 Å². The van der Waals surface area contributed by atoms with Crippen LogP contribution in [0.25, 0.3) is 0 Å². The maximum absolute atomic E-state index is 11.6. The van der Waals surface area contributed by atoms with Crippen LogP contribution in [-0.4, -0.2) is 22.4 Å². The van der Waals surface area contributed by atoms with E-state index in [2.05, 4.69) is 41.5 Å². The maximum Gasteiger partial charge on any atom is 0.0581 e. The smallest absolute Gasteiger partial charge is 0.0581 e. The molecule has 2 heteroatoms. The summed E-state index contributed by atoms with van der Waals surface area (Å²) in [6, 6.07) is 0. The van der Waals surface area contributed by atoms with E-state index < -0.39 is 0 Å². The van der Waals surface area contributed by atoms with Gasteiger partial charge in [-0.3, -0.25) is 0 Å². The molecule has 30 heavy (non-hydrogen) atoms. The van der Waals surface area contributed by atoms with Gasteiger partial charge in [-0.15, -0.1) is 0 Å². The first-order chi connectivity index (χ1) is 14.1. The zero-order valence-corrected chi connectivity index (χ0v) is 20.7. The SMILES string of the molecule is CC(C)[C@@H](C)CC[C@@H](C)[C@H]1CC[C@H]2[C@@H]3CC[C@H]4C[C@H](O)CC[C@]4(C)[C@H]3[C@H](O)C[C@]12C. The Kier molecular flexibility index (Phi) is 6.44. The van der Waals surface area contributed by atoms with E-state index in [1.165, 1.54) is 38.5 Å². The highest BCUT2D eigenvalue weighted by Gasteiger charge is 2.63. The van der Waals surface area contributed by atoms with Crippen LogP contribution < -0.4 is 0 Å². The van der Waals surface area contributed by atoms with E-state index in [9.17, 15) is 10.2 Å². The van der Waals surface area contributed by atoms with Crippen molar-refractivity contribution >= 4 is 0 Å². The van der Waals surface area contributed by atoms with Crippen LogP contribution in [0.2, 0.25) is 0 Å². The molecule has 0 aromatic heterocycles. The van der Waals surface area contributed by atoms with Crippen LogP contribution in [-0.2, 0) is 0 Å². The zero-order valence-electron chi connectivity index (χ0n) is 20.7. The first-order valence-electron chi connectivity index (χ1n) is 13.4. The van der Waals surface area contributed by atoms with Crippen LogP contribution in [0.5, 0.6) is 0 Å². The van der Waals surface area contributed by atoms with E-state index in [1.54, 1.807) is 0 Å². The van der Waals surface area contributed by atoms with E-state index in [-0.39, 0.29) is 17.6 Å². The molecule has 0 radical (unpaired) electrons. The highest BCUT2D eigenvalue weighted by atomic mass is 16.3. The Morgan fingerprint density at radius 1 is 0.867 bits per heavy atom. The van der Waals surface area contributed by atoms with E-state index in [0.717, 1.165) is 55.3 Å². The summed E-state index contributed by atoms with van der Waals surface area (Å²) in [5.74, 6) is 5.78. The van der Waals surface area contributed by atoms with E-state index >= 15 is 0 Å². The van der Waals surface area contributed by atoms with Crippen LogP contribution >= 0.6 is 0 Å². The summed E-state index contributed by atoms with van der Waals surface area (Å²) in [5.41, 5.74) is 0.581. The lowest BCUT2D eigenvalue weighted by atomic mass is 9.43. The molecular formula is C28H50O2. The molecular weight excluding hydrogens is 368 g/mol. The van der Waals surface area contributed by atoms with Gasteiger partial charge in [0.25, 0.3) is 0 Å². The quantitative estimate of drug-likeness (QED) is 0.522. The van der Waals surface area contributed by atoms with Crippen LogP contribution in [0.1, 0.15) is 106 Å². The summed E-state index contributed by atoms with van der Waals surface area (Å²) in [6.45, 7) is 14.7. The summed E-state index contributed by atoms with van der Waals surface area (Å²) in [6.07, 6.45) is 11.9. The van der Waals surface area contributed by atoms with Gasteiger partial charge in [0.15, 0.2) is 0 Å². The molecule has 4 aliphatic rings. The summed E-state index contributed by atoms with van der Waals surface area (Å²) < 4.78 is 0. The fourth-order valence-corrected chi connectivity index (χ4v) is 9.39. The van der Waals surface area contributed by atoms with Crippen molar-refractivity contribution in [3.05, 3.63) is 0 Å². The van der Waals surface area contributed by atoms with Crippen molar-refractivity contribution in [2.45, 2.75) is 118 Å². The zero-order chi connectivity index (χ0) is 21.8. The van der Waals surface area contributed by atoms with Gasteiger partial charge in [-0.2, -0.15) is 0 Å². The molecule has 0 aliphatic heterocycles. The summed E-state index contributed by atoms with van der Waals surface area (Å²) in [5, 5.41) is 21.9. The molecule has 2 nitrogen and oxygen atoms in total. The highest BCUT2D eigenvalue weighted by Crippen LogP contribution is 2.68. The third-order valence-electron chi connectivity index (χ3n) is 11.5. The largest absolute Gasteiger partial charge is 0.393 e. The molecule has 4 fully saturated rings. The number of hydrogen-bond acceptors (Lipinski definition) is 2. The fraction of sp³-hybridized carbons (Fsp3) is 1.00. The second-order valence-electron chi connectivity index (χ2n) is 13.2. The van der Waals surface area contributed by atoms with Crippen molar-refractivity contribution < 1.29 is 10.2 Å². The molecule has 174 valence electrons. The molecule has 0 aromatic carbocycles. The first kappa shape index (κ1) is 23.1. The van der Waals surface area contributed by atoms with Gasteiger partial charge in [0.05, 0.1) is 12.2 Å². The van der Waals surface area contributed by atoms with E-state index in [1.807, 2.05) is 0 Å². The average molecular weight is 419 g/mol. The number of hydrogen-bond donors (Lipinski definition) is 2. The van der Waals surface area contributed by atoms with Gasteiger partial charge in [-0.05, 0) is 110 Å². The molecule has 4 aliphatic carbocycles. The number of aliphatic hydroxyl groups is 2. The van der Waals surface area contributed by atoms with Crippen molar-refractivity contribution in [2.75, 3.05) is 0 Å².